The molecule has 0 bridgehead atoms. The van der Waals surface area contributed by atoms with Gasteiger partial charge in [-0.05, 0) is 61.4 Å². The van der Waals surface area contributed by atoms with Crippen molar-refractivity contribution in [2.45, 2.75) is 19.8 Å². The lowest BCUT2D eigenvalue weighted by Gasteiger charge is -2.24. The Morgan fingerprint density at radius 1 is 1.13 bits per heavy atom. The molecule has 0 aliphatic rings. The van der Waals surface area contributed by atoms with Crippen LogP contribution in [0.1, 0.15) is 18.4 Å². The van der Waals surface area contributed by atoms with E-state index < -0.39 is 10.0 Å². The van der Waals surface area contributed by atoms with Gasteiger partial charge in [-0.25, -0.2) is 8.42 Å². The number of hydrogen-bond donors (Lipinski definition) is 1. The van der Waals surface area contributed by atoms with E-state index in [2.05, 4.69) is 5.32 Å². The summed E-state index contributed by atoms with van der Waals surface area (Å²) in [5, 5.41) is 3.32. The molecule has 1 amide bonds. The number of anilines is 1. The van der Waals surface area contributed by atoms with Gasteiger partial charge in [0.2, 0.25) is 15.9 Å². The Labute approximate surface area is 183 Å². The van der Waals surface area contributed by atoms with E-state index in [1.165, 1.54) is 4.31 Å². The van der Waals surface area contributed by atoms with Crippen LogP contribution in [0.25, 0.3) is 0 Å². The van der Waals surface area contributed by atoms with Gasteiger partial charge in [-0.1, -0.05) is 11.6 Å². The Morgan fingerprint density at radius 3 is 2.40 bits per heavy atom. The summed E-state index contributed by atoms with van der Waals surface area (Å²) >= 11 is 5.96. The minimum atomic E-state index is -3.48. The zero-order chi connectivity index (χ0) is 22.1. The van der Waals surface area contributed by atoms with Gasteiger partial charge in [0, 0.05) is 18.0 Å². The zero-order valence-electron chi connectivity index (χ0n) is 17.4. The van der Waals surface area contributed by atoms with E-state index in [1.807, 2.05) is 0 Å². The van der Waals surface area contributed by atoms with Gasteiger partial charge < -0.3 is 14.8 Å². The lowest BCUT2D eigenvalue weighted by Crippen LogP contribution is -2.33. The van der Waals surface area contributed by atoms with Crippen LogP contribution in [0.15, 0.2) is 42.5 Å². The van der Waals surface area contributed by atoms with Crippen LogP contribution in [0, 0.1) is 6.92 Å². The normalized spacial score (nSPS) is 11.1. The van der Waals surface area contributed by atoms with E-state index in [9.17, 15) is 13.2 Å². The molecule has 0 saturated heterocycles. The Morgan fingerprint density at radius 2 is 1.80 bits per heavy atom. The monoisotopic (exact) mass is 454 g/mol. The third kappa shape index (κ3) is 7.42. The van der Waals surface area contributed by atoms with Gasteiger partial charge in [0.25, 0.3) is 0 Å². The Hall–Kier alpha value is -2.45. The number of methoxy groups -OCH3 is 1. The first-order valence-corrected chi connectivity index (χ1v) is 11.7. The fourth-order valence-electron chi connectivity index (χ4n) is 2.87. The van der Waals surface area contributed by atoms with E-state index in [0.717, 1.165) is 17.6 Å². The quantitative estimate of drug-likeness (QED) is 0.526. The average molecular weight is 455 g/mol. The molecule has 0 saturated carbocycles. The summed E-state index contributed by atoms with van der Waals surface area (Å²) in [6.45, 7) is 2.69. The molecule has 9 heteroatoms. The molecule has 2 rings (SSSR count). The van der Waals surface area contributed by atoms with Crippen molar-refractivity contribution in [2.75, 3.05) is 37.4 Å². The van der Waals surface area contributed by atoms with E-state index >= 15 is 0 Å². The van der Waals surface area contributed by atoms with E-state index in [1.54, 1.807) is 56.5 Å². The molecule has 0 aliphatic heterocycles. The van der Waals surface area contributed by atoms with Crippen LogP contribution in [0.4, 0.5) is 5.69 Å². The third-order valence-corrected chi connectivity index (χ3v) is 5.76. The SMILES string of the molecule is COc1ccc(OCCNC(=O)CCCN(c2ccc(Cl)cc2C)S(C)(=O)=O)cc1. The van der Waals surface area contributed by atoms with Gasteiger partial charge in [0.05, 0.1) is 25.6 Å². The van der Waals surface area contributed by atoms with Crippen LogP contribution < -0.4 is 19.1 Å². The lowest BCUT2D eigenvalue weighted by atomic mass is 10.2. The molecule has 0 radical (unpaired) electrons. The van der Waals surface area contributed by atoms with Crippen LogP contribution in [0.2, 0.25) is 5.02 Å². The van der Waals surface area contributed by atoms with Crippen molar-refractivity contribution in [1.82, 2.24) is 5.32 Å². The summed E-state index contributed by atoms with van der Waals surface area (Å²) in [6.07, 6.45) is 1.75. The van der Waals surface area contributed by atoms with Crippen molar-refractivity contribution >= 4 is 33.2 Å². The highest BCUT2D eigenvalue weighted by Crippen LogP contribution is 2.26. The first-order valence-electron chi connectivity index (χ1n) is 9.48. The molecule has 0 heterocycles. The molecule has 7 nitrogen and oxygen atoms in total. The van der Waals surface area contributed by atoms with Crippen molar-refractivity contribution in [3.63, 3.8) is 0 Å². The number of sulfonamides is 1. The summed E-state index contributed by atoms with van der Waals surface area (Å²) in [7, 11) is -1.88. The van der Waals surface area contributed by atoms with Crippen LogP contribution in [-0.2, 0) is 14.8 Å². The van der Waals surface area contributed by atoms with Crippen LogP contribution >= 0.6 is 11.6 Å². The summed E-state index contributed by atoms with van der Waals surface area (Å²) in [4.78, 5) is 12.0. The van der Waals surface area contributed by atoms with Crippen molar-refractivity contribution in [3.8, 4) is 11.5 Å². The van der Waals surface area contributed by atoms with Gasteiger partial charge in [-0.2, -0.15) is 0 Å². The highest BCUT2D eigenvalue weighted by atomic mass is 35.5. The number of amides is 1. The van der Waals surface area contributed by atoms with Crippen molar-refractivity contribution < 1.29 is 22.7 Å². The van der Waals surface area contributed by atoms with Crippen LogP contribution in [-0.4, -0.2) is 47.4 Å². The topological polar surface area (TPSA) is 84.9 Å². The minimum Gasteiger partial charge on any atom is -0.497 e. The Kier molecular flexibility index (Phi) is 8.80. The van der Waals surface area contributed by atoms with E-state index in [-0.39, 0.29) is 18.9 Å². The Bertz CT molecular complexity index is 948. The first-order chi connectivity index (χ1) is 14.2. The molecule has 164 valence electrons. The minimum absolute atomic E-state index is 0.158. The molecular weight excluding hydrogens is 428 g/mol. The summed E-state index contributed by atoms with van der Waals surface area (Å²) < 4.78 is 36.3. The zero-order valence-corrected chi connectivity index (χ0v) is 18.9. The number of aryl methyl sites for hydroxylation is 1. The summed E-state index contributed by atoms with van der Waals surface area (Å²) in [6, 6.07) is 12.2. The largest absolute Gasteiger partial charge is 0.497 e. The van der Waals surface area contributed by atoms with Crippen molar-refractivity contribution in [2.24, 2.45) is 0 Å². The fraction of sp³-hybridized carbons (Fsp3) is 0.381. The molecule has 1 N–H and O–H groups in total. The molecular formula is C21H27ClN2O5S. The maximum atomic E-state index is 12.2. The van der Waals surface area contributed by atoms with Gasteiger partial charge in [0.1, 0.15) is 18.1 Å². The molecule has 0 atom stereocenters. The van der Waals surface area contributed by atoms with Crippen LogP contribution in [0.3, 0.4) is 0 Å². The third-order valence-electron chi connectivity index (χ3n) is 4.35. The molecule has 2 aromatic rings. The number of benzene rings is 2. The molecule has 0 aromatic heterocycles. The average Bonchev–Trinajstić information content (AvgIpc) is 2.69. The summed E-state index contributed by atoms with van der Waals surface area (Å²) in [5.74, 6) is 1.27. The maximum absolute atomic E-state index is 12.2. The number of nitrogens with zero attached hydrogens (tertiary/aromatic N) is 1. The number of carbonyl (C=O) groups excluding carboxylic acids is 1. The highest BCUT2D eigenvalue weighted by Gasteiger charge is 2.19. The maximum Gasteiger partial charge on any atom is 0.232 e. The smallest absolute Gasteiger partial charge is 0.232 e. The predicted octanol–water partition coefficient (Wildman–Crippen LogP) is 3.40. The highest BCUT2D eigenvalue weighted by molar-refractivity contribution is 7.92. The van der Waals surface area contributed by atoms with E-state index in [4.69, 9.17) is 21.1 Å². The van der Waals surface area contributed by atoms with Crippen LogP contribution in [0.5, 0.6) is 11.5 Å². The molecule has 0 aliphatic carbocycles. The number of carbonyl (C=O) groups is 1. The standard InChI is InChI=1S/C21H27ClN2O5S/c1-16-15-17(22)6-11-20(16)24(30(3,26)27)13-4-5-21(25)23-12-14-29-19-9-7-18(28-2)8-10-19/h6-11,15H,4-5,12-14H2,1-3H3,(H,23,25). The first kappa shape index (κ1) is 23.8. The number of halogens is 1. The summed E-state index contributed by atoms with van der Waals surface area (Å²) in [5.41, 5.74) is 1.32. The molecule has 30 heavy (non-hydrogen) atoms. The van der Waals surface area contributed by atoms with Crippen molar-refractivity contribution in [1.29, 1.82) is 0 Å². The number of hydrogen-bond acceptors (Lipinski definition) is 5. The number of rotatable bonds is 11. The Balaban J connectivity index is 1.77. The fourth-order valence-corrected chi connectivity index (χ4v) is 4.12. The molecule has 0 unspecified atom stereocenters. The number of ether oxygens (including phenoxy) is 2. The lowest BCUT2D eigenvalue weighted by molar-refractivity contribution is -0.121. The molecule has 0 fully saturated rings. The molecule has 0 spiro atoms. The second-order valence-electron chi connectivity index (χ2n) is 6.74. The second kappa shape index (κ2) is 11.1. The molecule has 2 aromatic carbocycles. The predicted molar refractivity (Wildman–Crippen MR) is 119 cm³/mol. The van der Waals surface area contributed by atoms with Gasteiger partial charge >= 0.3 is 0 Å². The second-order valence-corrected chi connectivity index (χ2v) is 9.09. The van der Waals surface area contributed by atoms with E-state index in [0.29, 0.717) is 36.0 Å². The van der Waals surface area contributed by atoms with Gasteiger partial charge in [0.15, 0.2) is 0 Å². The number of nitrogens with one attached hydrogen (secondary N) is 1. The van der Waals surface area contributed by atoms with Crippen molar-refractivity contribution in [3.05, 3.63) is 53.1 Å². The van der Waals surface area contributed by atoms with Gasteiger partial charge in [-0.3, -0.25) is 9.10 Å². The van der Waals surface area contributed by atoms with Gasteiger partial charge in [-0.15, -0.1) is 0 Å².